The lowest BCUT2D eigenvalue weighted by Crippen LogP contribution is -1.98. The number of phenols is 1. The summed E-state index contributed by atoms with van der Waals surface area (Å²) in [4.78, 5) is 12.3. The van der Waals surface area contributed by atoms with Gasteiger partial charge in [0.2, 0.25) is 0 Å². The smallest absolute Gasteiger partial charge is 0.189 e. The van der Waals surface area contributed by atoms with Crippen LogP contribution in [0.5, 0.6) is 11.5 Å². The zero-order chi connectivity index (χ0) is 16.1. The van der Waals surface area contributed by atoms with Crippen LogP contribution in [0, 0.1) is 10.5 Å². The van der Waals surface area contributed by atoms with E-state index in [-0.39, 0.29) is 11.5 Å². The molecule has 0 unspecified atom stereocenters. The minimum atomic E-state index is -0.231. The second kappa shape index (κ2) is 7.45. The van der Waals surface area contributed by atoms with Crippen molar-refractivity contribution in [2.45, 2.75) is 13.8 Å². The summed E-state index contributed by atoms with van der Waals surface area (Å²) in [5.74, 6) is 0.529. The highest BCUT2D eigenvalue weighted by Crippen LogP contribution is 2.27. The van der Waals surface area contributed by atoms with Crippen molar-refractivity contribution in [3.63, 3.8) is 0 Å². The highest BCUT2D eigenvalue weighted by molar-refractivity contribution is 14.1. The molecule has 0 aliphatic rings. The van der Waals surface area contributed by atoms with Crippen LogP contribution in [0.1, 0.15) is 28.4 Å². The molecule has 114 valence electrons. The lowest BCUT2D eigenvalue weighted by Gasteiger charge is -2.07. The number of aryl methyl sites for hydroxylation is 1. The summed E-state index contributed by atoms with van der Waals surface area (Å²) in [6.07, 6.45) is 3.17. The highest BCUT2D eigenvalue weighted by Gasteiger charge is 2.12. The summed E-state index contributed by atoms with van der Waals surface area (Å²) < 4.78 is 6.19. The van der Waals surface area contributed by atoms with E-state index in [1.807, 2.05) is 66.8 Å². The summed E-state index contributed by atoms with van der Waals surface area (Å²) in [5, 5.41) is 10.0. The Kier molecular flexibility index (Phi) is 5.60. The molecule has 2 aromatic rings. The van der Waals surface area contributed by atoms with E-state index >= 15 is 0 Å². The van der Waals surface area contributed by atoms with E-state index in [1.54, 1.807) is 12.1 Å². The predicted molar refractivity (Wildman–Crippen MR) is 96.5 cm³/mol. The Balaban J connectivity index is 2.29. The van der Waals surface area contributed by atoms with E-state index in [9.17, 15) is 9.90 Å². The van der Waals surface area contributed by atoms with Gasteiger partial charge in [-0.1, -0.05) is 18.2 Å². The Hall–Kier alpha value is -1.82. The van der Waals surface area contributed by atoms with Crippen LogP contribution < -0.4 is 4.74 Å². The summed E-state index contributed by atoms with van der Waals surface area (Å²) >= 11 is 2.02. The summed E-state index contributed by atoms with van der Waals surface area (Å²) in [6.45, 7) is 4.38. The number of halogens is 1. The third-order valence-corrected chi connectivity index (χ3v) is 3.93. The molecule has 0 aromatic heterocycles. The van der Waals surface area contributed by atoms with Gasteiger partial charge >= 0.3 is 0 Å². The van der Waals surface area contributed by atoms with Crippen molar-refractivity contribution in [2.24, 2.45) is 0 Å². The molecule has 0 bridgehead atoms. The Bertz CT molecular complexity index is 720. The Morgan fingerprint density at radius 2 is 2.05 bits per heavy atom. The molecule has 0 radical (unpaired) electrons. The van der Waals surface area contributed by atoms with E-state index in [2.05, 4.69) is 0 Å². The fourth-order valence-electron chi connectivity index (χ4n) is 2.08. The molecule has 0 saturated carbocycles. The number of phenolic OH excluding ortho intramolecular Hbond substituents is 1. The Labute approximate surface area is 143 Å². The second-order valence-electron chi connectivity index (χ2n) is 4.81. The number of hydrogen-bond donors (Lipinski definition) is 1. The van der Waals surface area contributed by atoms with E-state index < -0.39 is 0 Å². The normalized spacial score (nSPS) is 10.9. The zero-order valence-corrected chi connectivity index (χ0v) is 14.6. The molecule has 2 aromatic carbocycles. The first-order valence-electron chi connectivity index (χ1n) is 6.96. The largest absolute Gasteiger partial charge is 0.506 e. The van der Waals surface area contributed by atoms with Crippen molar-refractivity contribution < 1.29 is 14.6 Å². The lowest BCUT2D eigenvalue weighted by atomic mass is 10.1. The molecule has 1 N–H and O–H groups in total. The first kappa shape index (κ1) is 16.5. The first-order valence-corrected chi connectivity index (χ1v) is 8.04. The van der Waals surface area contributed by atoms with Crippen LogP contribution in [-0.2, 0) is 0 Å². The van der Waals surface area contributed by atoms with Gasteiger partial charge < -0.3 is 9.84 Å². The van der Waals surface area contributed by atoms with Gasteiger partial charge in [0, 0.05) is 5.56 Å². The quantitative estimate of drug-likeness (QED) is 0.447. The number of rotatable bonds is 5. The molecule has 0 spiro atoms. The van der Waals surface area contributed by atoms with Gasteiger partial charge in [-0.2, -0.15) is 0 Å². The van der Waals surface area contributed by atoms with E-state index in [4.69, 9.17) is 4.74 Å². The van der Waals surface area contributed by atoms with Gasteiger partial charge in [-0.15, -0.1) is 0 Å². The number of para-hydroxylation sites is 1. The number of benzene rings is 2. The van der Waals surface area contributed by atoms with E-state index in [0.29, 0.717) is 15.7 Å². The standard InChI is InChI=1S/C18H17IO3/c1-3-22-17-7-5-4-6-13(17)8-9-16(20)14-10-12(2)11-15(19)18(14)21/h4-11,21H,3H2,1-2H3/b9-8+. The van der Waals surface area contributed by atoms with Gasteiger partial charge in [-0.25, -0.2) is 0 Å². The maximum atomic E-state index is 12.3. The summed E-state index contributed by atoms with van der Waals surface area (Å²) in [6, 6.07) is 11.0. The highest BCUT2D eigenvalue weighted by atomic mass is 127. The molecular weight excluding hydrogens is 391 g/mol. The van der Waals surface area contributed by atoms with Gasteiger partial charge in [-0.3, -0.25) is 4.79 Å². The molecule has 0 heterocycles. The molecule has 0 saturated heterocycles. The molecule has 0 amide bonds. The maximum Gasteiger partial charge on any atom is 0.189 e. The number of carbonyl (C=O) groups excluding carboxylic acids is 1. The number of allylic oxidation sites excluding steroid dienone is 1. The number of aromatic hydroxyl groups is 1. The van der Waals surface area contributed by atoms with Gasteiger partial charge in [0.15, 0.2) is 5.78 Å². The van der Waals surface area contributed by atoms with E-state index in [1.165, 1.54) is 6.08 Å². The molecule has 2 rings (SSSR count). The van der Waals surface area contributed by atoms with Crippen molar-refractivity contribution in [3.05, 3.63) is 62.7 Å². The van der Waals surface area contributed by atoms with Crippen LogP contribution in [0.2, 0.25) is 0 Å². The fraction of sp³-hybridized carbons (Fsp3) is 0.167. The monoisotopic (exact) mass is 408 g/mol. The van der Waals surface area contributed by atoms with Crippen molar-refractivity contribution in [1.29, 1.82) is 0 Å². The van der Waals surface area contributed by atoms with Crippen LogP contribution in [0.25, 0.3) is 6.08 Å². The Morgan fingerprint density at radius 3 is 2.77 bits per heavy atom. The average molecular weight is 408 g/mol. The van der Waals surface area contributed by atoms with Crippen molar-refractivity contribution in [1.82, 2.24) is 0 Å². The lowest BCUT2D eigenvalue weighted by molar-refractivity contribution is 0.104. The molecular formula is C18H17IO3. The van der Waals surface area contributed by atoms with Crippen LogP contribution in [-0.4, -0.2) is 17.5 Å². The minimum absolute atomic E-state index is 0.0268. The molecule has 0 atom stereocenters. The predicted octanol–water partition coefficient (Wildman–Crippen LogP) is 4.60. The van der Waals surface area contributed by atoms with Crippen LogP contribution in [0.15, 0.2) is 42.5 Å². The summed E-state index contributed by atoms with van der Waals surface area (Å²) in [5.41, 5.74) is 2.09. The van der Waals surface area contributed by atoms with Gasteiger partial charge in [0.1, 0.15) is 11.5 Å². The van der Waals surface area contributed by atoms with Gasteiger partial charge in [-0.05, 0) is 72.4 Å². The molecule has 0 aliphatic carbocycles. The van der Waals surface area contributed by atoms with Crippen LogP contribution >= 0.6 is 22.6 Å². The fourth-order valence-corrected chi connectivity index (χ4v) is 2.86. The molecule has 4 heteroatoms. The zero-order valence-electron chi connectivity index (χ0n) is 12.5. The number of carbonyl (C=O) groups is 1. The van der Waals surface area contributed by atoms with Crippen LogP contribution in [0.4, 0.5) is 0 Å². The van der Waals surface area contributed by atoms with E-state index in [0.717, 1.165) is 16.9 Å². The van der Waals surface area contributed by atoms with Gasteiger partial charge in [0.25, 0.3) is 0 Å². The molecule has 22 heavy (non-hydrogen) atoms. The van der Waals surface area contributed by atoms with Gasteiger partial charge in [0.05, 0.1) is 15.7 Å². The first-order chi connectivity index (χ1) is 10.5. The molecule has 0 aliphatic heterocycles. The SMILES string of the molecule is CCOc1ccccc1/C=C/C(=O)c1cc(C)cc(I)c1O. The van der Waals surface area contributed by atoms with Crippen molar-refractivity contribution >= 4 is 34.5 Å². The second-order valence-corrected chi connectivity index (χ2v) is 5.97. The minimum Gasteiger partial charge on any atom is -0.506 e. The number of hydrogen-bond acceptors (Lipinski definition) is 3. The Morgan fingerprint density at radius 1 is 1.32 bits per heavy atom. The number of ether oxygens (including phenoxy) is 1. The van der Waals surface area contributed by atoms with Crippen molar-refractivity contribution in [2.75, 3.05) is 6.61 Å². The maximum absolute atomic E-state index is 12.3. The number of ketones is 1. The summed E-state index contributed by atoms with van der Waals surface area (Å²) in [7, 11) is 0. The molecule has 3 nitrogen and oxygen atoms in total. The van der Waals surface area contributed by atoms with Crippen LogP contribution in [0.3, 0.4) is 0 Å². The molecule has 0 fully saturated rings. The third-order valence-electron chi connectivity index (χ3n) is 3.11. The third kappa shape index (κ3) is 3.88. The average Bonchev–Trinajstić information content (AvgIpc) is 2.50. The topological polar surface area (TPSA) is 46.5 Å². The van der Waals surface area contributed by atoms with Crippen molar-refractivity contribution in [3.8, 4) is 11.5 Å².